The van der Waals surface area contributed by atoms with Gasteiger partial charge in [-0.2, -0.15) is 0 Å². The zero-order valence-electron chi connectivity index (χ0n) is 21.8. The van der Waals surface area contributed by atoms with Crippen LogP contribution in [-0.2, 0) is 4.74 Å². The van der Waals surface area contributed by atoms with Crippen molar-refractivity contribution >= 4 is 17.6 Å². The Labute approximate surface area is 213 Å². The van der Waals surface area contributed by atoms with E-state index in [1.54, 1.807) is 21.9 Å². The van der Waals surface area contributed by atoms with E-state index in [2.05, 4.69) is 6.08 Å². The molecule has 0 aromatic heterocycles. The second-order valence-corrected chi connectivity index (χ2v) is 10.4. The van der Waals surface area contributed by atoms with Crippen LogP contribution in [0.4, 0.5) is 4.79 Å². The van der Waals surface area contributed by atoms with E-state index in [9.17, 15) is 14.7 Å². The maximum atomic E-state index is 12.8. The summed E-state index contributed by atoms with van der Waals surface area (Å²) < 4.78 is 12.0. The van der Waals surface area contributed by atoms with E-state index >= 15 is 0 Å². The highest BCUT2D eigenvalue weighted by molar-refractivity contribution is 5.95. The lowest BCUT2D eigenvalue weighted by Crippen LogP contribution is -2.50. The zero-order chi connectivity index (χ0) is 26.1. The van der Waals surface area contributed by atoms with Gasteiger partial charge in [-0.3, -0.25) is 4.79 Å². The van der Waals surface area contributed by atoms with Crippen molar-refractivity contribution in [3.8, 4) is 11.5 Å². The summed E-state index contributed by atoms with van der Waals surface area (Å²) in [6.45, 7) is 11.9. The van der Waals surface area contributed by atoms with Crippen molar-refractivity contribution in [1.82, 2.24) is 9.80 Å². The summed E-state index contributed by atoms with van der Waals surface area (Å²) in [4.78, 5) is 28.9. The van der Waals surface area contributed by atoms with Crippen LogP contribution < -0.4 is 4.74 Å². The lowest BCUT2D eigenvalue weighted by molar-refractivity contribution is -0.00119. The van der Waals surface area contributed by atoms with Gasteiger partial charge in [-0.05, 0) is 76.1 Å². The number of benzene rings is 2. The van der Waals surface area contributed by atoms with Gasteiger partial charge in [-0.25, -0.2) is 4.79 Å². The number of phenols is 1. The fraction of sp³-hybridized carbons (Fsp3) is 0.448. The number of fused-ring (bicyclic) bond motifs is 1. The molecule has 1 fully saturated rings. The largest absolute Gasteiger partial charge is 0.508 e. The monoisotopic (exact) mass is 492 g/mol. The minimum Gasteiger partial charge on any atom is -0.508 e. The normalized spacial score (nSPS) is 16.6. The van der Waals surface area contributed by atoms with E-state index in [1.807, 2.05) is 65.0 Å². The molecular formula is C29H36N2O5. The molecule has 1 spiro atoms. The summed E-state index contributed by atoms with van der Waals surface area (Å²) in [6, 6.07) is 12.8. The maximum Gasteiger partial charge on any atom is 0.410 e. The molecule has 2 aliphatic heterocycles. The quantitative estimate of drug-likeness (QED) is 0.612. The Morgan fingerprint density at radius 3 is 2.28 bits per heavy atom. The molecule has 0 atom stereocenters. The molecule has 2 heterocycles. The van der Waals surface area contributed by atoms with Crippen LogP contribution in [0.15, 0.2) is 48.5 Å². The first kappa shape index (κ1) is 25.6. The lowest BCUT2D eigenvalue weighted by atomic mass is 9.83. The Kier molecular flexibility index (Phi) is 7.03. The molecule has 2 aromatic carbocycles. The van der Waals surface area contributed by atoms with Crippen LogP contribution in [0.5, 0.6) is 11.5 Å². The summed E-state index contributed by atoms with van der Waals surface area (Å²) in [6.07, 6.45) is 3.02. The SMILES string of the molecule is CCN(CC)C(=O)c1ccc(C2=CC3(CCN(C(=O)OC(C)(C)C)CC3)Oc3cc(O)ccc32)cc1. The smallest absolute Gasteiger partial charge is 0.410 e. The molecule has 0 saturated carbocycles. The average Bonchev–Trinajstić information content (AvgIpc) is 2.83. The van der Waals surface area contributed by atoms with Gasteiger partial charge >= 0.3 is 6.09 Å². The number of carbonyl (C=O) groups excluding carboxylic acids is 2. The van der Waals surface area contributed by atoms with Crippen molar-refractivity contribution in [2.24, 2.45) is 0 Å². The van der Waals surface area contributed by atoms with Gasteiger partial charge in [0.1, 0.15) is 22.7 Å². The van der Waals surface area contributed by atoms with E-state index in [4.69, 9.17) is 9.47 Å². The molecule has 0 aliphatic carbocycles. The number of likely N-dealkylation sites (tertiary alicyclic amines) is 1. The number of hydrogen-bond acceptors (Lipinski definition) is 5. The van der Waals surface area contributed by atoms with Gasteiger partial charge in [-0.15, -0.1) is 0 Å². The highest BCUT2D eigenvalue weighted by atomic mass is 16.6. The highest BCUT2D eigenvalue weighted by Crippen LogP contribution is 2.44. The van der Waals surface area contributed by atoms with E-state index in [0.29, 0.717) is 50.3 Å². The van der Waals surface area contributed by atoms with Crippen molar-refractivity contribution < 1.29 is 24.2 Å². The van der Waals surface area contributed by atoms with Crippen LogP contribution in [0.3, 0.4) is 0 Å². The van der Waals surface area contributed by atoms with Crippen molar-refractivity contribution in [1.29, 1.82) is 0 Å². The summed E-state index contributed by atoms with van der Waals surface area (Å²) in [5, 5.41) is 10.1. The van der Waals surface area contributed by atoms with Crippen molar-refractivity contribution in [2.75, 3.05) is 26.2 Å². The molecule has 2 aromatic rings. The van der Waals surface area contributed by atoms with Crippen LogP contribution >= 0.6 is 0 Å². The van der Waals surface area contributed by atoms with Crippen molar-refractivity contribution in [2.45, 2.75) is 58.7 Å². The Morgan fingerprint density at radius 1 is 1.06 bits per heavy atom. The molecule has 1 saturated heterocycles. The molecule has 7 heteroatoms. The Bertz CT molecular complexity index is 1150. The molecule has 0 unspecified atom stereocenters. The molecule has 1 N–H and O–H groups in total. The molecular weight excluding hydrogens is 456 g/mol. The van der Waals surface area contributed by atoms with Crippen molar-refractivity contribution in [3.63, 3.8) is 0 Å². The van der Waals surface area contributed by atoms with Gasteiger partial charge in [-0.1, -0.05) is 12.1 Å². The third-order valence-corrected chi connectivity index (χ3v) is 6.73. The first-order valence-corrected chi connectivity index (χ1v) is 12.7. The van der Waals surface area contributed by atoms with Gasteiger partial charge in [0, 0.05) is 56.2 Å². The van der Waals surface area contributed by atoms with Crippen LogP contribution in [0, 0.1) is 0 Å². The van der Waals surface area contributed by atoms with Crippen molar-refractivity contribution in [3.05, 3.63) is 65.2 Å². The zero-order valence-corrected chi connectivity index (χ0v) is 21.8. The second-order valence-electron chi connectivity index (χ2n) is 10.4. The minimum atomic E-state index is -0.607. The number of nitrogens with zero attached hydrogens (tertiary/aromatic N) is 2. The molecule has 36 heavy (non-hydrogen) atoms. The third kappa shape index (κ3) is 5.35. The predicted molar refractivity (Wildman–Crippen MR) is 139 cm³/mol. The fourth-order valence-corrected chi connectivity index (χ4v) is 4.77. The van der Waals surface area contributed by atoms with Crippen LogP contribution in [0.1, 0.15) is 68.9 Å². The maximum absolute atomic E-state index is 12.8. The molecule has 192 valence electrons. The molecule has 4 rings (SSSR count). The standard InChI is InChI=1S/C29H36N2O5/c1-6-30(7-2)26(33)21-10-8-20(9-11-21)24-19-29(35-25-18-22(32)12-13-23(24)25)14-16-31(17-15-29)27(34)36-28(3,4)5/h8-13,18-19,32H,6-7,14-17H2,1-5H3. The number of piperidine rings is 1. The number of carbonyl (C=O) groups is 2. The average molecular weight is 493 g/mol. The first-order chi connectivity index (χ1) is 17.0. The molecule has 2 aliphatic rings. The minimum absolute atomic E-state index is 0.0174. The number of phenolic OH excluding ortho intramolecular Hbond substituents is 1. The summed E-state index contributed by atoms with van der Waals surface area (Å²) >= 11 is 0. The number of ether oxygens (including phenoxy) is 2. The lowest BCUT2D eigenvalue weighted by Gasteiger charge is -2.43. The third-order valence-electron chi connectivity index (χ3n) is 6.73. The topological polar surface area (TPSA) is 79.3 Å². The fourth-order valence-electron chi connectivity index (χ4n) is 4.77. The van der Waals surface area contributed by atoms with Crippen LogP contribution in [0.25, 0.3) is 5.57 Å². The van der Waals surface area contributed by atoms with E-state index in [1.165, 1.54) is 0 Å². The number of rotatable bonds is 4. The van der Waals surface area contributed by atoms with E-state index in [-0.39, 0.29) is 17.7 Å². The van der Waals surface area contributed by atoms with Crippen LogP contribution in [-0.4, -0.2) is 64.3 Å². The molecule has 0 bridgehead atoms. The molecule has 7 nitrogen and oxygen atoms in total. The number of hydrogen-bond donors (Lipinski definition) is 1. The second kappa shape index (κ2) is 9.88. The molecule has 2 amide bonds. The molecule has 0 radical (unpaired) electrons. The van der Waals surface area contributed by atoms with Gasteiger partial charge in [0.15, 0.2) is 0 Å². The Hall–Kier alpha value is -3.48. The Morgan fingerprint density at radius 2 is 1.69 bits per heavy atom. The van der Waals surface area contributed by atoms with Gasteiger partial charge in [0.2, 0.25) is 0 Å². The number of aromatic hydroxyl groups is 1. The first-order valence-electron chi connectivity index (χ1n) is 12.7. The highest BCUT2D eigenvalue weighted by Gasteiger charge is 2.41. The summed E-state index contributed by atoms with van der Waals surface area (Å²) in [5.41, 5.74) is 2.34. The van der Waals surface area contributed by atoms with E-state index < -0.39 is 11.2 Å². The predicted octanol–water partition coefficient (Wildman–Crippen LogP) is 5.47. The number of amides is 2. The van der Waals surface area contributed by atoms with E-state index in [0.717, 1.165) is 16.7 Å². The van der Waals surface area contributed by atoms with Gasteiger partial charge in [0.05, 0.1) is 0 Å². The van der Waals surface area contributed by atoms with Gasteiger partial charge < -0.3 is 24.4 Å². The summed E-state index contributed by atoms with van der Waals surface area (Å²) in [7, 11) is 0. The van der Waals surface area contributed by atoms with Crippen LogP contribution in [0.2, 0.25) is 0 Å². The summed E-state index contributed by atoms with van der Waals surface area (Å²) in [5.74, 6) is 0.766. The Balaban J connectivity index is 1.63. The van der Waals surface area contributed by atoms with Gasteiger partial charge in [0.25, 0.3) is 5.91 Å².